The fourth-order valence-corrected chi connectivity index (χ4v) is 2.56. The molecule has 1 atom stereocenters. The van der Waals surface area contributed by atoms with Crippen LogP contribution < -0.4 is 16.4 Å². The predicted octanol–water partition coefficient (Wildman–Crippen LogP) is 4.28. The van der Waals surface area contributed by atoms with Gasteiger partial charge in [0.05, 0.1) is 11.9 Å². The zero-order valence-electron chi connectivity index (χ0n) is 13.9. The van der Waals surface area contributed by atoms with Gasteiger partial charge >= 0.3 is 12.2 Å². The first-order valence-electron chi connectivity index (χ1n) is 7.69. The minimum Gasteiger partial charge on any atom is -0.458 e. The summed E-state index contributed by atoms with van der Waals surface area (Å²) in [6.07, 6.45) is -3.64. The van der Waals surface area contributed by atoms with Gasteiger partial charge in [-0.15, -0.1) is 0 Å². The minimum absolute atomic E-state index is 0.0845. The number of benzene rings is 1. The monoisotopic (exact) mass is 382 g/mol. The van der Waals surface area contributed by atoms with Gasteiger partial charge in [0.2, 0.25) is 0 Å². The van der Waals surface area contributed by atoms with E-state index in [0.29, 0.717) is 0 Å². The number of amides is 2. The standard InChI is InChI=1S/C17H14F4N4O2/c1-8-11-6-9(18)2-4-12(11)27-14(8)15(17(19,20)21)25-16(26)24-10-3-5-13(22)23-7-10/h2-7,15H,1H3,(H2,22,23)(H2,24,25,26). The molecule has 10 heteroatoms. The van der Waals surface area contributed by atoms with Crippen molar-refractivity contribution in [3.63, 3.8) is 0 Å². The van der Waals surface area contributed by atoms with Gasteiger partial charge in [0.15, 0.2) is 6.04 Å². The van der Waals surface area contributed by atoms with Gasteiger partial charge in [-0.25, -0.2) is 14.2 Å². The molecular formula is C17H14F4N4O2. The van der Waals surface area contributed by atoms with Gasteiger partial charge in [-0.3, -0.25) is 0 Å². The Morgan fingerprint density at radius 3 is 2.63 bits per heavy atom. The molecule has 1 aromatic carbocycles. The summed E-state index contributed by atoms with van der Waals surface area (Å²) in [6.45, 7) is 1.36. The number of rotatable bonds is 3. The average Bonchev–Trinajstić information content (AvgIpc) is 2.90. The summed E-state index contributed by atoms with van der Waals surface area (Å²) < 4.78 is 59.3. The second-order valence-electron chi connectivity index (χ2n) is 5.78. The fourth-order valence-electron chi connectivity index (χ4n) is 2.56. The maximum absolute atomic E-state index is 13.5. The number of nitrogens with one attached hydrogen (secondary N) is 2. The van der Waals surface area contributed by atoms with E-state index in [2.05, 4.69) is 10.3 Å². The van der Waals surface area contributed by atoms with E-state index < -0.39 is 29.8 Å². The van der Waals surface area contributed by atoms with Gasteiger partial charge in [-0.05, 0) is 37.3 Å². The fraction of sp³-hybridized carbons (Fsp3) is 0.176. The van der Waals surface area contributed by atoms with Crippen LogP contribution >= 0.6 is 0 Å². The number of carbonyl (C=O) groups excluding carboxylic acids is 1. The van der Waals surface area contributed by atoms with Crippen molar-refractivity contribution in [2.24, 2.45) is 0 Å². The predicted molar refractivity (Wildman–Crippen MR) is 90.5 cm³/mol. The highest BCUT2D eigenvalue weighted by Crippen LogP contribution is 2.38. The van der Waals surface area contributed by atoms with Crippen LogP contribution in [0.3, 0.4) is 0 Å². The second-order valence-corrected chi connectivity index (χ2v) is 5.78. The Bertz CT molecular complexity index is 983. The second kappa shape index (κ2) is 6.78. The number of nitrogen functional groups attached to an aromatic ring is 1. The number of carbonyl (C=O) groups is 1. The van der Waals surface area contributed by atoms with E-state index >= 15 is 0 Å². The lowest BCUT2D eigenvalue weighted by Gasteiger charge is -2.20. The lowest BCUT2D eigenvalue weighted by molar-refractivity contribution is -0.158. The van der Waals surface area contributed by atoms with E-state index in [9.17, 15) is 22.4 Å². The summed E-state index contributed by atoms with van der Waals surface area (Å²) in [4.78, 5) is 15.8. The quantitative estimate of drug-likeness (QED) is 0.590. The van der Waals surface area contributed by atoms with Crippen LogP contribution in [0.4, 0.5) is 33.9 Å². The number of pyridine rings is 1. The molecular weight excluding hydrogens is 368 g/mol. The number of hydrogen-bond donors (Lipinski definition) is 3. The Hall–Kier alpha value is -3.30. The van der Waals surface area contributed by atoms with Crippen molar-refractivity contribution in [1.29, 1.82) is 0 Å². The molecule has 0 aliphatic carbocycles. The maximum Gasteiger partial charge on any atom is 0.416 e. The van der Waals surface area contributed by atoms with Crippen LogP contribution in [0, 0.1) is 12.7 Å². The average molecular weight is 382 g/mol. The van der Waals surface area contributed by atoms with Crippen LogP contribution in [-0.4, -0.2) is 17.2 Å². The molecule has 0 fully saturated rings. The summed E-state index contributed by atoms with van der Waals surface area (Å²) in [5.74, 6) is -0.934. The number of hydrogen-bond acceptors (Lipinski definition) is 4. The van der Waals surface area contributed by atoms with Crippen LogP contribution in [-0.2, 0) is 0 Å². The first-order valence-corrected chi connectivity index (χ1v) is 7.69. The Morgan fingerprint density at radius 2 is 2.00 bits per heavy atom. The number of aryl methyl sites for hydroxylation is 1. The number of aromatic nitrogens is 1. The number of furan rings is 1. The number of nitrogens with two attached hydrogens (primary N) is 1. The number of anilines is 2. The lowest BCUT2D eigenvalue weighted by atomic mass is 10.1. The van der Waals surface area contributed by atoms with Crippen molar-refractivity contribution in [3.05, 3.63) is 53.7 Å². The Kier molecular flexibility index (Phi) is 4.64. The molecule has 0 aliphatic heterocycles. The highest BCUT2D eigenvalue weighted by Gasteiger charge is 2.45. The number of nitrogens with zero attached hydrogens (tertiary/aromatic N) is 1. The number of halogens is 4. The third kappa shape index (κ3) is 3.94. The zero-order valence-corrected chi connectivity index (χ0v) is 13.9. The first kappa shape index (κ1) is 18.5. The minimum atomic E-state index is -4.84. The van der Waals surface area contributed by atoms with Gasteiger partial charge < -0.3 is 20.8 Å². The van der Waals surface area contributed by atoms with Gasteiger partial charge in [0, 0.05) is 10.9 Å². The van der Waals surface area contributed by atoms with Crippen LogP contribution in [0.5, 0.6) is 0 Å². The smallest absolute Gasteiger partial charge is 0.416 e. The largest absolute Gasteiger partial charge is 0.458 e. The zero-order chi connectivity index (χ0) is 19.8. The van der Waals surface area contributed by atoms with Gasteiger partial charge in [0.25, 0.3) is 0 Å². The molecule has 2 heterocycles. The Balaban J connectivity index is 1.89. The van der Waals surface area contributed by atoms with E-state index in [4.69, 9.17) is 10.2 Å². The number of urea groups is 1. The normalized spacial score (nSPS) is 12.8. The summed E-state index contributed by atoms with van der Waals surface area (Å²) >= 11 is 0. The molecule has 0 aliphatic rings. The first-order chi connectivity index (χ1) is 12.6. The van der Waals surface area contributed by atoms with Crippen molar-refractivity contribution in [2.45, 2.75) is 19.1 Å². The molecule has 0 spiro atoms. The van der Waals surface area contributed by atoms with E-state index in [1.54, 1.807) is 0 Å². The summed E-state index contributed by atoms with van der Waals surface area (Å²) in [5.41, 5.74) is 5.74. The third-order valence-electron chi connectivity index (χ3n) is 3.84. The third-order valence-corrected chi connectivity index (χ3v) is 3.84. The SMILES string of the molecule is Cc1c(C(NC(=O)Nc2ccc(N)nc2)C(F)(F)F)oc2ccc(F)cc12. The van der Waals surface area contributed by atoms with Crippen molar-refractivity contribution in [2.75, 3.05) is 11.1 Å². The molecule has 6 nitrogen and oxygen atoms in total. The Morgan fingerprint density at radius 1 is 1.26 bits per heavy atom. The van der Waals surface area contributed by atoms with Crippen LogP contribution in [0.15, 0.2) is 40.9 Å². The molecule has 27 heavy (non-hydrogen) atoms. The van der Waals surface area contributed by atoms with Gasteiger partial charge in [0.1, 0.15) is 23.0 Å². The highest BCUT2D eigenvalue weighted by atomic mass is 19.4. The van der Waals surface area contributed by atoms with E-state index in [1.807, 2.05) is 5.32 Å². The lowest BCUT2D eigenvalue weighted by Crippen LogP contribution is -2.40. The Labute approximate surface area is 150 Å². The molecule has 4 N–H and O–H groups in total. The highest BCUT2D eigenvalue weighted by molar-refractivity contribution is 5.90. The van der Waals surface area contributed by atoms with Gasteiger partial charge in [-0.2, -0.15) is 13.2 Å². The molecule has 3 rings (SSSR count). The molecule has 0 saturated heterocycles. The van der Waals surface area contributed by atoms with E-state index in [1.165, 1.54) is 31.3 Å². The molecule has 2 amide bonds. The molecule has 142 valence electrons. The van der Waals surface area contributed by atoms with Crippen LogP contribution in [0.25, 0.3) is 11.0 Å². The number of alkyl halides is 3. The number of fused-ring (bicyclic) bond motifs is 1. The van der Waals surface area contributed by atoms with Crippen molar-refractivity contribution < 1.29 is 26.8 Å². The molecule has 0 saturated carbocycles. The van der Waals surface area contributed by atoms with Crippen LogP contribution in [0.1, 0.15) is 17.4 Å². The molecule has 0 radical (unpaired) electrons. The van der Waals surface area contributed by atoms with Crippen molar-refractivity contribution in [1.82, 2.24) is 10.3 Å². The van der Waals surface area contributed by atoms with Crippen molar-refractivity contribution >= 4 is 28.5 Å². The summed E-state index contributed by atoms with van der Waals surface area (Å²) in [6, 6.07) is 2.62. The van der Waals surface area contributed by atoms with Gasteiger partial charge in [-0.1, -0.05) is 0 Å². The molecule has 1 unspecified atom stereocenters. The topological polar surface area (TPSA) is 93.2 Å². The molecule has 0 bridgehead atoms. The van der Waals surface area contributed by atoms with E-state index in [0.717, 1.165) is 12.1 Å². The van der Waals surface area contributed by atoms with Crippen LogP contribution in [0.2, 0.25) is 0 Å². The summed E-state index contributed by atoms with van der Waals surface area (Å²) in [5, 5.41) is 4.26. The molecule has 2 aromatic heterocycles. The van der Waals surface area contributed by atoms with Crippen molar-refractivity contribution in [3.8, 4) is 0 Å². The maximum atomic E-state index is 13.5. The van der Waals surface area contributed by atoms with E-state index in [-0.39, 0.29) is 28.0 Å². The molecule has 3 aromatic rings. The summed E-state index contributed by atoms with van der Waals surface area (Å²) in [7, 11) is 0.